The third-order valence-corrected chi connectivity index (χ3v) is 7.00. The zero-order valence-electron chi connectivity index (χ0n) is 19.3. The van der Waals surface area contributed by atoms with Crippen molar-refractivity contribution in [1.29, 1.82) is 0 Å². The predicted octanol–water partition coefficient (Wildman–Crippen LogP) is 4.76. The minimum atomic E-state index is -0.0841. The first-order chi connectivity index (χ1) is 17.2. The zero-order chi connectivity index (χ0) is 24.0. The van der Waals surface area contributed by atoms with E-state index in [4.69, 9.17) is 4.98 Å². The van der Waals surface area contributed by atoms with Gasteiger partial charge >= 0.3 is 0 Å². The maximum absolute atomic E-state index is 13.3. The smallest absolute Gasteiger partial charge is 0.262 e. The molecule has 0 fully saturated rings. The quantitative estimate of drug-likeness (QED) is 0.268. The van der Waals surface area contributed by atoms with Crippen LogP contribution < -0.4 is 5.56 Å². The molecule has 0 radical (unpaired) electrons. The number of hydrazone groups is 1. The molecule has 35 heavy (non-hydrogen) atoms. The Morgan fingerprint density at radius 1 is 0.914 bits per heavy atom. The van der Waals surface area contributed by atoms with Gasteiger partial charge in [0.25, 0.3) is 11.5 Å². The van der Waals surface area contributed by atoms with Gasteiger partial charge in [-0.2, -0.15) is 5.10 Å². The van der Waals surface area contributed by atoms with Crippen molar-refractivity contribution in [1.82, 2.24) is 14.6 Å². The third-order valence-electron chi connectivity index (χ3n) is 6.04. The van der Waals surface area contributed by atoms with Crippen LogP contribution in [-0.2, 0) is 17.8 Å². The van der Waals surface area contributed by atoms with Crippen LogP contribution >= 0.6 is 11.8 Å². The number of fused-ring (bicyclic) bond motifs is 1. The maximum Gasteiger partial charge on any atom is 0.262 e. The Morgan fingerprint density at radius 2 is 1.63 bits per heavy atom. The van der Waals surface area contributed by atoms with Crippen LogP contribution in [0, 0.1) is 0 Å². The van der Waals surface area contributed by atoms with Crippen molar-refractivity contribution >= 4 is 34.3 Å². The first-order valence-electron chi connectivity index (χ1n) is 11.8. The van der Waals surface area contributed by atoms with E-state index < -0.39 is 0 Å². The van der Waals surface area contributed by atoms with Gasteiger partial charge in [-0.05, 0) is 36.1 Å². The number of nitrogens with zero attached hydrogens (tertiary/aromatic N) is 4. The molecule has 7 heteroatoms. The average Bonchev–Trinajstić information content (AvgIpc) is 3.41. The van der Waals surface area contributed by atoms with Crippen LogP contribution in [0.1, 0.15) is 24.0 Å². The van der Waals surface area contributed by atoms with Gasteiger partial charge in [-0.1, -0.05) is 84.6 Å². The summed E-state index contributed by atoms with van der Waals surface area (Å²) in [6, 6.07) is 27.5. The average molecular weight is 483 g/mol. The lowest BCUT2D eigenvalue weighted by Gasteiger charge is -2.15. The monoisotopic (exact) mass is 482 g/mol. The number of thioether (sulfide) groups is 1. The number of aromatic nitrogens is 2. The van der Waals surface area contributed by atoms with Gasteiger partial charge in [-0.15, -0.1) is 0 Å². The van der Waals surface area contributed by atoms with E-state index in [0.29, 0.717) is 29.1 Å². The first kappa shape index (κ1) is 23.1. The second kappa shape index (κ2) is 10.7. The van der Waals surface area contributed by atoms with Crippen molar-refractivity contribution in [3.8, 4) is 0 Å². The van der Waals surface area contributed by atoms with Crippen LogP contribution in [0.3, 0.4) is 0 Å². The maximum atomic E-state index is 13.3. The summed E-state index contributed by atoms with van der Waals surface area (Å²) in [7, 11) is 0. The number of amides is 1. The summed E-state index contributed by atoms with van der Waals surface area (Å²) in [5.41, 5.74) is 3.78. The van der Waals surface area contributed by atoms with Crippen LogP contribution in [0.25, 0.3) is 10.9 Å². The number of rotatable bonds is 8. The zero-order valence-corrected chi connectivity index (χ0v) is 20.2. The molecule has 176 valence electrons. The lowest BCUT2D eigenvalue weighted by Crippen LogP contribution is -2.27. The number of para-hydroxylation sites is 1. The van der Waals surface area contributed by atoms with Crippen LogP contribution in [0.2, 0.25) is 0 Å². The summed E-state index contributed by atoms with van der Waals surface area (Å²) in [5, 5.41) is 7.25. The molecular formula is C28H26N4O2S. The SMILES string of the molecule is O=C(CSc1nc2ccccc2c(=O)n1CCCc1ccccc1)N1CCC(c2ccccc2)=N1. The van der Waals surface area contributed by atoms with Crippen molar-refractivity contribution in [3.63, 3.8) is 0 Å². The predicted molar refractivity (Wildman–Crippen MR) is 141 cm³/mol. The highest BCUT2D eigenvalue weighted by Gasteiger charge is 2.22. The summed E-state index contributed by atoms with van der Waals surface area (Å²) in [5.74, 6) is 0.0915. The van der Waals surface area contributed by atoms with Gasteiger partial charge in [0.15, 0.2) is 5.16 Å². The van der Waals surface area contributed by atoms with E-state index in [0.717, 1.165) is 30.5 Å². The number of hydrogen-bond donors (Lipinski definition) is 0. The number of benzene rings is 3. The van der Waals surface area contributed by atoms with Crippen LogP contribution in [0.4, 0.5) is 0 Å². The van der Waals surface area contributed by atoms with Gasteiger partial charge in [0.2, 0.25) is 0 Å². The minimum absolute atomic E-state index is 0.0656. The molecule has 2 heterocycles. The Morgan fingerprint density at radius 3 is 2.43 bits per heavy atom. The highest BCUT2D eigenvalue weighted by Crippen LogP contribution is 2.21. The normalized spacial score (nSPS) is 13.3. The van der Waals surface area contributed by atoms with Gasteiger partial charge in [-0.25, -0.2) is 9.99 Å². The summed E-state index contributed by atoms with van der Waals surface area (Å²) in [6.45, 7) is 1.11. The molecule has 1 aromatic heterocycles. The Balaban J connectivity index is 1.32. The fourth-order valence-electron chi connectivity index (χ4n) is 4.21. The summed E-state index contributed by atoms with van der Waals surface area (Å²) < 4.78 is 1.71. The van der Waals surface area contributed by atoms with Gasteiger partial charge in [0.1, 0.15) is 0 Å². The Kier molecular flexibility index (Phi) is 7.04. The minimum Gasteiger partial charge on any atom is -0.287 e. The third kappa shape index (κ3) is 5.35. The molecule has 0 unspecified atom stereocenters. The Bertz CT molecular complexity index is 1420. The molecule has 1 aliphatic rings. The van der Waals surface area contributed by atoms with Crippen molar-refractivity contribution in [2.24, 2.45) is 5.10 Å². The second-order valence-electron chi connectivity index (χ2n) is 8.43. The van der Waals surface area contributed by atoms with Crippen LogP contribution in [0.15, 0.2) is 100.0 Å². The van der Waals surface area contributed by atoms with Crippen molar-refractivity contribution in [2.45, 2.75) is 31.0 Å². The molecule has 3 aromatic carbocycles. The molecule has 5 rings (SSSR count). The van der Waals surface area contributed by atoms with E-state index in [1.165, 1.54) is 22.3 Å². The molecule has 0 saturated heterocycles. The van der Waals surface area contributed by atoms with E-state index in [1.54, 1.807) is 4.57 Å². The molecule has 0 N–H and O–H groups in total. The lowest BCUT2D eigenvalue weighted by atomic mass is 10.1. The molecule has 6 nitrogen and oxygen atoms in total. The van der Waals surface area contributed by atoms with Gasteiger partial charge in [0.05, 0.1) is 28.9 Å². The topological polar surface area (TPSA) is 67.6 Å². The van der Waals surface area contributed by atoms with Crippen molar-refractivity contribution in [2.75, 3.05) is 12.3 Å². The van der Waals surface area contributed by atoms with E-state index in [9.17, 15) is 9.59 Å². The van der Waals surface area contributed by atoms with Crippen LogP contribution in [-0.4, -0.2) is 38.5 Å². The number of carbonyl (C=O) groups is 1. The van der Waals surface area contributed by atoms with Gasteiger partial charge in [-0.3, -0.25) is 14.2 Å². The molecule has 4 aromatic rings. The molecule has 1 amide bonds. The molecule has 0 spiro atoms. The molecule has 0 saturated carbocycles. The highest BCUT2D eigenvalue weighted by molar-refractivity contribution is 7.99. The lowest BCUT2D eigenvalue weighted by molar-refractivity contribution is -0.127. The van der Waals surface area contributed by atoms with Crippen LogP contribution in [0.5, 0.6) is 0 Å². The Labute approximate surface area is 208 Å². The highest BCUT2D eigenvalue weighted by atomic mass is 32.2. The number of aryl methyl sites for hydroxylation is 1. The fraction of sp³-hybridized carbons (Fsp3) is 0.214. The molecule has 0 bridgehead atoms. The molecule has 0 atom stereocenters. The van der Waals surface area contributed by atoms with Gasteiger partial charge < -0.3 is 0 Å². The molecular weight excluding hydrogens is 456 g/mol. The van der Waals surface area contributed by atoms with E-state index in [-0.39, 0.29) is 17.2 Å². The standard InChI is InChI=1S/C28H26N4O2S/c33-26(32-19-17-24(30-32)22-13-5-2-6-14-22)20-35-28-29-25-16-8-7-15-23(25)27(34)31(28)18-9-12-21-10-3-1-4-11-21/h1-8,10-11,13-16H,9,12,17-20H2. The summed E-state index contributed by atoms with van der Waals surface area (Å²) in [6.07, 6.45) is 2.41. The van der Waals surface area contributed by atoms with Gasteiger partial charge in [0, 0.05) is 13.0 Å². The van der Waals surface area contributed by atoms with E-state index in [1.807, 2.05) is 72.8 Å². The van der Waals surface area contributed by atoms with Crippen molar-refractivity contribution in [3.05, 3.63) is 106 Å². The van der Waals surface area contributed by atoms with E-state index >= 15 is 0 Å². The summed E-state index contributed by atoms with van der Waals surface area (Å²) >= 11 is 1.31. The largest absolute Gasteiger partial charge is 0.287 e. The number of carbonyl (C=O) groups excluding carboxylic acids is 1. The molecule has 1 aliphatic heterocycles. The summed E-state index contributed by atoms with van der Waals surface area (Å²) in [4.78, 5) is 31.0. The van der Waals surface area contributed by atoms with E-state index in [2.05, 4.69) is 17.2 Å². The Hall–Kier alpha value is -3.71. The number of hydrogen-bond acceptors (Lipinski definition) is 5. The first-order valence-corrected chi connectivity index (χ1v) is 12.8. The second-order valence-corrected chi connectivity index (χ2v) is 9.37. The molecule has 0 aliphatic carbocycles. The fourth-order valence-corrected chi connectivity index (χ4v) is 5.11. The van der Waals surface area contributed by atoms with Crippen molar-refractivity contribution < 1.29 is 4.79 Å².